The van der Waals surface area contributed by atoms with E-state index in [0.717, 1.165) is 0 Å². The maximum atomic E-state index is 12.5. The second-order valence-corrected chi connectivity index (χ2v) is 5.69. The highest BCUT2D eigenvalue weighted by Crippen LogP contribution is 2.33. The zero-order valence-corrected chi connectivity index (χ0v) is 13.6. The monoisotopic (exact) mass is 354 g/mol. The van der Waals surface area contributed by atoms with E-state index in [-0.39, 0.29) is 24.8 Å². The van der Waals surface area contributed by atoms with Crippen molar-refractivity contribution >= 4 is 29.2 Å². The molecule has 8 nitrogen and oxygen atoms in total. The third-order valence-electron chi connectivity index (χ3n) is 4.01. The lowest BCUT2D eigenvalue weighted by Gasteiger charge is -2.28. The minimum Gasteiger partial charge on any atom is -0.454 e. The first kappa shape index (κ1) is 15.9. The summed E-state index contributed by atoms with van der Waals surface area (Å²) in [6.07, 6.45) is 0. The largest absolute Gasteiger partial charge is 0.454 e. The Balaban J connectivity index is 1.44. The fourth-order valence-corrected chi connectivity index (χ4v) is 2.77. The molecule has 2 aliphatic rings. The van der Waals surface area contributed by atoms with Gasteiger partial charge in [0.05, 0.1) is 16.9 Å². The minimum atomic E-state index is -0.661. The molecule has 0 aliphatic carbocycles. The highest BCUT2D eigenvalue weighted by molar-refractivity contribution is 6.10. The highest BCUT2D eigenvalue weighted by Gasteiger charge is 2.27. The second-order valence-electron chi connectivity index (χ2n) is 5.69. The van der Waals surface area contributed by atoms with Crippen molar-refractivity contribution in [1.29, 1.82) is 0 Å². The van der Waals surface area contributed by atoms with E-state index in [1.807, 2.05) is 0 Å². The Kier molecular flexibility index (Phi) is 3.92. The van der Waals surface area contributed by atoms with Crippen molar-refractivity contribution in [3.05, 3.63) is 48.0 Å². The van der Waals surface area contributed by atoms with E-state index in [1.165, 1.54) is 17.0 Å². The summed E-state index contributed by atoms with van der Waals surface area (Å²) in [4.78, 5) is 37.7. The van der Waals surface area contributed by atoms with Gasteiger partial charge in [0.25, 0.3) is 5.91 Å². The Hall–Kier alpha value is -3.55. The number of nitrogens with zero attached hydrogens (tertiary/aromatic N) is 1. The summed E-state index contributed by atoms with van der Waals surface area (Å²) in [6, 6.07) is 11.6. The number of anilines is 2. The number of amides is 2. The van der Waals surface area contributed by atoms with E-state index in [0.29, 0.717) is 22.9 Å². The van der Waals surface area contributed by atoms with Gasteiger partial charge in [0.2, 0.25) is 12.7 Å². The van der Waals surface area contributed by atoms with Crippen LogP contribution >= 0.6 is 0 Å². The highest BCUT2D eigenvalue weighted by atomic mass is 16.7. The molecule has 2 aliphatic heterocycles. The van der Waals surface area contributed by atoms with Crippen LogP contribution in [0.5, 0.6) is 11.5 Å². The summed E-state index contributed by atoms with van der Waals surface area (Å²) in [7, 11) is 0. The smallest absolute Gasteiger partial charge is 0.338 e. The van der Waals surface area contributed by atoms with Crippen LogP contribution in [0.4, 0.5) is 11.4 Å². The van der Waals surface area contributed by atoms with Gasteiger partial charge >= 0.3 is 5.97 Å². The lowest BCUT2D eigenvalue weighted by molar-refractivity contribution is -0.124. The molecule has 4 rings (SSSR count). The number of carbonyl (C=O) groups excluding carboxylic acids is 3. The first-order chi connectivity index (χ1) is 12.6. The van der Waals surface area contributed by atoms with E-state index < -0.39 is 18.5 Å². The van der Waals surface area contributed by atoms with Crippen molar-refractivity contribution < 1.29 is 28.6 Å². The maximum Gasteiger partial charge on any atom is 0.338 e. The summed E-state index contributed by atoms with van der Waals surface area (Å²) in [6.45, 7) is -0.505. The number of ether oxygens (including phenoxy) is 3. The Morgan fingerprint density at radius 2 is 1.92 bits per heavy atom. The summed E-state index contributed by atoms with van der Waals surface area (Å²) < 4.78 is 15.5. The zero-order chi connectivity index (χ0) is 18.1. The molecule has 2 aromatic carbocycles. The predicted molar refractivity (Wildman–Crippen MR) is 90.3 cm³/mol. The second kappa shape index (κ2) is 6.40. The first-order valence-corrected chi connectivity index (χ1v) is 7.88. The van der Waals surface area contributed by atoms with Crippen molar-refractivity contribution in [3.63, 3.8) is 0 Å². The molecule has 2 aromatic rings. The van der Waals surface area contributed by atoms with Gasteiger partial charge in [0.15, 0.2) is 18.1 Å². The standard InChI is InChI=1S/C18H14N2O6/c21-16-8-20(13-4-2-1-3-12(13)19-16)17(22)9-24-18(23)11-5-6-14-15(7-11)26-10-25-14/h1-7H,8-10H2,(H,19,21). The Morgan fingerprint density at radius 3 is 2.81 bits per heavy atom. The van der Waals surface area contributed by atoms with Gasteiger partial charge in [-0.15, -0.1) is 0 Å². The normalized spacial score (nSPS) is 14.5. The van der Waals surface area contributed by atoms with Crippen LogP contribution in [0.2, 0.25) is 0 Å². The van der Waals surface area contributed by atoms with Crippen molar-refractivity contribution in [2.75, 3.05) is 30.2 Å². The number of carbonyl (C=O) groups is 3. The van der Waals surface area contributed by atoms with E-state index in [2.05, 4.69) is 5.32 Å². The fourth-order valence-electron chi connectivity index (χ4n) is 2.77. The van der Waals surface area contributed by atoms with Gasteiger partial charge < -0.3 is 19.5 Å². The van der Waals surface area contributed by atoms with Crippen LogP contribution < -0.4 is 19.7 Å². The van der Waals surface area contributed by atoms with Crippen LogP contribution in [0.3, 0.4) is 0 Å². The Labute approximate surface area is 148 Å². The third-order valence-corrected chi connectivity index (χ3v) is 4.01. The van der Waals surface area contributed by atoms with Crippen LogP contribution in [0.15, 0.2) is 42.5 Å². The summed E-state index contributed by atoms with van der Waals surface area (Å²) in [5.41, 5.74) is 1.36. The minimum absolute atomic E-state index is 0.1000. The summed E-state index contributed by atoms with van der Waals surface area (Å²) in [5, 5.41) is 2.69. The molecule has 0 fully saturated rings. The van der Waals surface area contributed by atoms with Crippen molar-refractivity contribution in [3.8, 4) is 11.5 Å². The van der Waals surface area contributed by atoms with Crippen LogP contribution in [-0.2, 0) is 14.3 Å². The lowest BCUT2D eigenvalue weighted by atomic mass is 10.2. The van der Waals surface area contributed by atoms with Crippen LogP contribution in [0.25, 0.3) is 0 Å². The van der Waals surface area contributed by atoms with E-state index in [1.54, 1.807) is 30.3 Å². The van der Waals surface area contributed by atoms with Crippen molar-refractivity contribution in [2.24, 2.45) is 0 Å². The van der Waals surface area contributed by atoms with E-state index >= 15 is 0 Å². The van der Waals surface area contributed by atoms with Gasteiger partial charge in [-0.1, -0.05) is 12.1 Å². The number of rotatable bonds is 3. The number of nitrogens with one attached hydrogen (secondary N) is 1. The number of hydrogen-bond donors (Lipinski definition) is 1. The molecule has 0 radical (unpaired) electrons. The molecule has 8 heteroatoms. The van der Waals surface area contributed by atoms with Gasteiger partial charge in [-0.05, 0) is 30.3 Å². The Morgan fingerprint density at radius 1 is 1.12 bits per heavy atom. The van der Waals surface area contributed by atoms with Crippen LogP contribution in [0, 0.1) is 0 Å². The molecular weight excluding hydrogens is 340 g/mol. The van der Waals surface area contributed by atoms with E-state index in [9.17, 15) is 14.4 Å². The molecule has 0 unspecified atom stereocenters. The number of fused-ring (bicyclic) bond motifs is 2. The number of benzene rings is 2. The molecule has 0 saturated carbocycles. The van der Waals surface area contributed by atoms with Crippen LogP contribution in [-0.4, -0.2) is 37.7 Å². The van der Waals surface area contributed by atoms with Gasteiger partial charge in [0.1, 0.15) is 6.54 Å². The molecule has 0 bridgehead atoms. The van der Waals surface area contributed by atoms with Gasteiger partial charge in [-0.25, -0.2) is 4.79 Å². The SMILES string of the molecule is O=C1CN(C(=O)COC(=O)c2ccc3c(c2)OCO3)c2ccccc2N1. The van der Waals surface area contributed by atoms with Crippen molar-refractivity contribution in [1.82, 2.24) is 0 Å². The molecule has 2 amide bonds. The number of para-hydroxylation sites is 2. The van der Waals surface area contributed by atoms with Crippen molar-refractivity contribution in [2.45, 2.75) is 0 Å². The average Bonchev–Trinajstić information content (AvgIpc) is 3.12. The number of esters is 1. The number of hydrogen-bond acceptors (Lipinski definition) is 6. The quantitative estimate of drug-likeness (QED) is 0.841. The molecule has 0 atom stereocenters. The molecule has 132 valence electrons. The molecule has 0 aromatic heterocycles. The Bertz CT molecular complexity index is 910. The molecule has 2 heterocycles. The fraction of sp³-hybridized carbons (Fsp3) is 0.167. The van der Waals surface area contributed by atoms with Gasteiger partial charge in [0, 0.05) is 0 Å². The molecule has 0 saturated heterocycles. The maximum absolute atomic E-state index is 12.5. The topological polar surface area (TPSA) is 94.2 Å². The molecular formula is C18H14N2O6. The average molecular weight is 354 g/mol. The lowest BCUT2D eigenvalue weighted by Crippen LogP contribution is -2.44. The predicted octanol–water partition coefficient (Wildman–Crippen LogP) is 1.56. The molecule has 0 spiro atoms. The molecule has 1 N–H and O–H groups in total. The third kappa shape index (κ3) is 2.92. The molecule has 26 heavy (non-hydrogen) atoms. The summed E-state index contributed by atoms with van der Waals surface area (Å²) in [5.74, 6) is -0.451. The summed E-state index contributed by atoms with van der Waals surface area (Å²) >= 11 is 0. The van der Waals surface area contributed by atoms with E-state index in [4.69, 9.17) is 14.2 Å². The first-order valence-electron chi connectivity index (χ1n) is 7.88. The zero-order valence-electron chi connectivity index (χ0n) is 13.6. The van der Waals surface area contributed by atoms with Gasteiger partial charge in [-0.3, -0.25) is 14.5 Å². The van der Waals surface area contributed by atoms with Crippen LogP contribution in [0.1, 0.15) is 10.4 Å². The van der Waals surface area contributed by atoms with Gasteiger partial charge in [-0.2, -0.15) is 0 Å².